The van der Waals surface area contributed by atoms with Gasteiger partial charge in [0, 0.05) is 18.7 Å². The molecule has 1 saturated heterocycles. The van der Waals surface area contributed by atoms with Gasteiger partial charge in [0.1, 0.15) is 11.5 Å². The molecule has 0 radical (unpaired) electrons. The van der Waals surface area contributed by atoms with Gasteiger partial charge in [0.15, 0.2) is 11.4 Å². The van der Waals surface area contributed by atoms with Gasteiger partial charge in [-0.3, -0.25) is 19.4 Å². The summed E-state index contributed by atoms with van der Waals surface area (Å²) < 4.78 is 10.5. The van der Waals surface area contributed by atoms with Crippen molar-refractivity contribution >= 4 is 17.4 Å². The average Bonchev–Trinajstić information content (AvgIpc) is 2.97. The zero-order chi connectivity index (χ0) is 21.3. The summed E-state index contributed by atoms with van der Waals surface area (Å²) in [7, 11) is 1.45. The first kappa shape index (κ1) is 20.3. The predicted octanol–water partition coefficient (Wildman–Crippen LogP) is 1.50. The third kappa shape index (κ3) is 3.54. The maximum absolute atomic E-state index is 13.3. The van der Waals surface area contributed by atoms with Gasteiger partial charge in [0.05, 0.1) is 44.7 Å². The van der Waals surface area contributed by atoms with Crippen LogP contribution in [0.2, 0.25) is 0 Å². The zero-order valence-corrected chi connectivity index (χ0v) is 16.7. The summed E-state index contributed by atoms with van der Waals surface area (Å²) in [5.41, 5.74) is -1.03. The highest BCUT2D eigenvalue weighted by atomic mass is 16.5. The Hall–Kier alpha value is -2.94. The summed E-state index contributed by atoms with van der Waals surface area (Å²) in [5.74, 6) is -0.931. The summed E-state index contributed by atoms with van der Waals surface area (Å²) in [6.45, 7) is 2.84. The lowest BCUT2D eigenvalue weighted by molar-refractivity contribution is -0.136. The maximum atomic E-state index is 13.3. The highest BCUT2D eigenvalue weighted by Crippen LogP contribution is 2.43. The molecule has 1 amide bonds. The molecule has 4 rings (SSSR count). The molecule has 2 aliphatic rings. The largest absolute Gasteiger partial charge is 0.507 e. The molecule has 2 aliphatic heterocycles. The van der Waals surface area contributed by atoms with Gasteiger partial charge in [0.25, 0.3) is 5.91 Å². The Bertz CT molecular complexity index is 972. The van der Waals surface area contributed by atoms with Crippen molar-refractivity contribution in [2.45, 2.75) is 12.0 Å². The van der Waals surface area contributed by atoms with E-state index in [1.165, 1.54) is 30.2 Å². The second-order valence-electron chi connectivity index (χ2n) is 7.47. The number of phenols is 1. The summed E-state index contributed by atoms with van der Waals surface area (Å²) >= 11 is 0. The number of methoxy groups -OCH3 is 1. The number of carbonyl (C=O) groups excluding carboxylic acids is 2. The Kier molecular flexibility index (Phi) is 5.46. The number of nitrogens with zero attached hydrogens (tertiary/aromatic N) is 2. The number of aliphatic hydroxyl groups is 1. The molecule has 1 unspecified atom stereocenters. The number of para-hydroxylation sites is 1. The number of carbonyl (C=O) groups is 2. The number of hydrogen-bond acceptors (Lipinski definition) is 7. The molecule has 0 aliphatic carbocycles. The van der Waals surface area contributed by atoms with E-state index in [9.17, 15) is 19.8 Å². The zero-order valence-electron chi connectivity index (χ0n) is 16.7. The van der Waals surface area contributed by atoms with Crippen LogP contribution in [0.25, 0.3) is 0 Å². The Morgan fingerprint density at radius 3 is 2.67 bits per heavy atom. The average molecular weight is 412 g/mol. The van der Waals surface area contributed by atoms with Gasteiger partial charge in [-0.2, -0.15) is 0 Å². The van der Waals surface area contributed by atoms with E-state index in [4.69, 9.17) is 9.47 Å². The van der Waals surface area contributed by atoms with Gasteiger partial charge < -0.3 is 19.7 Å². The monoisotopic (exact) mass is 412 g/mol. The summed E-state index contributed by atoms with van der Waals surface area (Å²) in [6.07, 6.45) is -0.483. The molecule has 158 valence electrons. The number of rotatable bonds is 6. The van der Waals surface area contributed by atoms with E-state index in [1.54, 1.807) is 24.3 Å². The second kappa shape index (κ2) is 8.06. The van der Waals surface area contributed by atoms with E-state index in [2.05, 4.69) is 4.90 Å². The van der Waals surface area contributed by atoms with E-state index in [1.807, 2.05) is 0 Å². The van der Waals surface area contributed by atoms with E-state index in [0.717, 1.165) is 0 Å². The Balaban J connectivity index is 1.64. The van der Waals surface area contributed by atoms with Crippen LogP contribution >= 0.6 is 0 Å². The van der Waals surface area contributed by atoms with Crippen LogP contribution < -0.4 is 9.64 Å². The number of aromatic hydroxyl groups is 1. The number of ether oxygens (including phenoxy) is 2. The van der Waals surface area contributed by atoms with Gasteiger partial charge in [-0.25, -0.2) is 0 Å². The Morgan fingerprint density at radius 1 is 1.20 bits per heavy atom. The molecule has 1 atom stereocenters. The molecule has 0 saturated carbocycles. The van der Waals surface area contributed by atoms with Crippen molar-refractivity contribution < 1.29 is 29.3 Å². The fraction of sp³-hybridized carbons (Fsp3) is 0.364. The lowest BCUT2D eigenvalue weighted by atomic mass is 9.88. The standard InChI is InChI=1S/C22H24N2O6/c1-29-15-6-7-19(25)16(12-15)20(26)13-22(28)17-4-2-3-5-18(17)24(21(22)27)14-23-8-10-30-11-9-23/h2-7,12,25,28H,8-11,13-14H2,1H3. The van der Waals surface area contributed by atoms with Gasteiger partial charge in [-0.1, -0.05) is 18.2 Å². The van der Waals surface area contributed by atoms with Crippen molar-refractivity contribution in [3.8, 4) is 11.5 Å². The van der Waals surface area contributed by atoms with Crippen LogP contribution in [0, 0.1) is 0 Å². The van der Waals surface area contributed by atoms with Crippen LogP contribution in [0.15, 0.2) is 42.5 Å². The number of Topliss-reactive ketones (excluding diaryl/α,β-unsaturated/α-hetero) is 1. The molecular formula is C22H24N2O6. The molecular weight excluding hydrogens is 388 g/mol. The van der Waals surface area contributed by atoms with Crippen molar-refractivity contribution in [2.75, 3.05) is 45.0 Å². The van der Waals surface area contributed by atoms with E-state index in [-0.39, 0.29) is 11.3 Å². The number of morpholine rings is 1. The fourth-order valence-corrected chi connectivity index (χ4v) is 3.95. The molecule has 0 aromatic heterocycles. The molecule has 8 nitrogen and oxygen atoms in total. The molecule has 2 aromatic rings. The lowest BCUT2D eigenvalue weighted by Crippen LogP contribution is -2.49. The number of benzene rings is 2. The number of phenolic OH excluding ortho intramolecular Hbond substituents is 1. The normalized spacial score (nSPS) is 21.5. The molecule has 0 bridgehead atoms. The Morgan fingerprint density at radius 2 is 1.93 bits per heavy atom. The third-order valence-corrected chi connectivity index (χ3v) is 5.61. The van der Waals surface area contributed by atoms with E-state index < -0.39 is 23.7 Å². The molecule has 8 heteroatoms. The fourth-order valence-electron chi connectivity index (χ4n) is 3.95. The topological polar surface area (TPSA) is 99.5 Å². The molecule has 2 heterocycles. The van der Waals surface area contributed by atoms with E-state index in [0.29, 0.717) is 50.0 Å². The molecule has 2 N–H and O–H groups in total. The first-order chi connectivity index (χ1) is 14.4. The van der Waals surface area contributed by atoms with Crippen molar-refractivity contribution in [1.29, 1.82) is 0 Å². The quantitative estimate of drug-likeness (QED) is 0.694. The minimum atomic E-state index is -2.00. The smallest absolute Gasteiger partial charge is 0.265 e. The van der Waals surface area contributed by atoms with Crippen LogP contribution in [-0.4, -0.2) is 66.9 Å². The third-order valence-electron chi connectivity index (χ3n) is 5.61. The number of fused-ring (bicyclic) bond motifs is 1. The first-order valence-corrected chi connectivity index (χ1v) is 9.78. The SMILES string of the molecule is COc1ccc(O)c(C(=O)CC2(O)C(=O)N(CN3CCOCC3)c3ccccc32)c1. The maximum Gasteiger partial charge on any atom is 0.265 e. The predicted molar refractivity (Wildman–Crippen MR) is 109 cm³/mol. The van der Waals surface area contributed by atoms with Crippen LogP contribution in [-0.2, 0) is 15.1 Å². The van der Waals surface area contributed by atoms with Gasteiger partial charge in [-0.15, -0.1) is 0 Å². The van der Waals surface area contributed by atoms with Crippen LogP contribution in [0.5, 0.6) is 11.5 Å². The minimum absolute atomic E-state index is 0.000291. The molecule has 30 heavy (non-hydrogen) atoms. The highest BCUT2D eigenvalue weighted by Gasteiger charge is 2.51. The van der Waals surface area contributed by atoms with Gasteiger partial charge >= 0.3 is 0 Å². The summed E-state index contributed by atoms with van der Waals surface area (Å²) in [4.78, 5) is 29.9. The second-order valence-corrected chi connectivity index (χ2v) is 7.47. The first-order valence-electron chi connectivity index (χ1n) is 9.78. The van der Waals surface area contributed by atoms with E-state index >= 15 is 0 Å². The summed E-state index contributed by atoms with van der Waals surface area (Å²) in [5, 5.41) is 21.5. The molecule has 0 spiro atoms. The Labute approximate surface area is 174 Å². The van der Waals surface area contributed by atoms with Crippen molar-refractivity contribution in [2.24, 2.45) is 0 Å². The number of ketones is 1. The highest BCUT2D eigenvalue weighted by molar-refractivity contribution is 6.11. The van der Waals surface area contributed by atoms with Crippen molar-refractivity contribution in [3.05, 3.63) is 53.6 Å². The van der Waals surface area contributed by atoms with Gasteiger partial charge in [0.2, 0.25) is 0 Å². The number of hydrogen-bond donors (Lipinski definition) is 2. The number of amides is 1. The summed E-state index contributed by atoms with van der Waals surface area (Å²) in [6, 6.07) is 11.2. The lowest BCUT2D eigenvalue weighted by Gasteiger charge is -2.31. The van der Waals surface area contributed by atoms with Gasteiger partial charge in [-0.05, 0) is 24.3 Å². The number of anilines is 1. The van der Waals surface area contributed by atoms with Crippen LogP contribution in [0.4, 0.5) is 5.69 Å². The van der Waals surface area contributed by atoms with Crippen LogP contribution in [0.1, 0.15) is 22.3 Å². The molecule has 1 fully saturated rings. The van der Waals surface area contributed by atoms with Crippen LogP contribution in [0.3, 0.4) is 0 Å². The minimum Gasteiger partial charge on any atom is -0.507 e. The van der Waals surface area contributed by atoms with Crippen molar-refractivity contribution in [3.63, 3.8) is 0 Å². The molecule has 2 aromatic carbocycles. The van der Waals surface area contributed by atoms with Crippen molar-refractivity contribution in [1.82, 2.24) is 4.90 Å².